The van der Waals surface area contributed by atoms with Crippen molar-refractivity contribution in [1.29, 1.82) is 0 Å². The monoisotopic (exact) mass is 333 g/mol. The Bertz CT molecular complexity index is 748. The molecule has 0 radical (unpaired) electrons. The van der Waals surface area contributed by atoms with Gasteiger partial charge in [-0.25, -0.2) is 4.98 Å². The maximum atomic E-state index is 12.3. The van der Waals surface area contributed by atoms with Crippen molar-refractivity contribution >= 4 is 23.2 Å². The molecule has 3 rings (SSSR count). The Labute approximate surface area is 136 Å². The first-order valence-corrected chi connectivity index (χ1v) is 7.23. The lowest BCUT2D eigenvalue weighted by molar-refractivity contribution is -0.384. The number of halogens is 1. The van der Waals surface area contributed by atoms with Crippen LogP contribution in [-0.4, -0.2) is 39.9 Å². The molecule has 0 unspecified atom stereocenters. The fraction of sp³-hybridized carbons (Fsp3) is 0.200. The summed E-state index contributed by atoms with van der Waals surface area (Å²) in [4.78, 5) is 28.2. The van der Waals surface area contributed by atoms with E-state index in [1.54, 1.807) is 23.2 Å². The number of hydrogen-bond acceptors (Lipinski definition) is 5. The quantitative estimate of drug-likeness (QED) is 0.634. The lowest BCUT2D eigenvalue weighted by Crippen LogP contribution is -2.56. The van der Waals surface area contributed by atoms with Gasteiger partial charge in [0.1, 0.15) is 11.1 Å². The Kier molecular flexibility index (Phi) is 4.12. The van der Waals surface area contributed by atoms with E-state index in [4.69, 9.17) is 16.3 Å². The molecule has 2 heterocycles. The van der Waals surface area contributed by atoms with Crippen LogP contribution in [0.1, 0.15) is 10.4 Å². The van der Waals surface area contributed by atoms with Gasteiger partial charge in [-0.2, -0.15) is 0 Å². The van der Waals surface area contributed by atoms with Gasteiger partial charge in [0.25, 0.3) is 11.6 Å². The van der Waals surface area contributed by atoms with Crippen LogP contribution in [0.25, 0.3) is 0 Å². The second-order valence-electron chi connectivity index (χ2n) is 5.04. The van der Waals surface area contributed by atoms with E-state index in [2.05, 4.69) is 4.98 Å². The fourth-order valence-electron chi connectivity index (χ4n) is 2.23. The highest BCUT2D eigenvalue weighted by Gasteiger charge is 2.33. The molecule has 23 heavy (non-hydrogen) atoms. The van der Waals surface area contributed by atoms with Gasteiger partial charge in [-0.05, 0) is 18.2 Å². The summed E-state index contributed by atoms with van der Waals surface area (Å²) in [7, 11) is 0. The lowest BCUT2D eigenvalue weighted by Gasteiger charge is -2.38. The number of nitro benzene ring substituents is 1. The van der Waals surface area contributed by atoms with Crippen molar-refractivity contribution in [3.63, 3.8) is 0 Å². The molecule has 1 fully saturated rings. The Balaban J connectivity index is 1.63. The summed E-state index contributed by atoms with van der Waals surface area (Å²) in [6.07, 6.45) is 1.50. The molecule has 8 heteroatoms. The Morgan fingerprint density at radius 3 is 2.78 bits per heavy atom. The molecule has 1 aliphatic heterocycles. The Morgan fingerprint density at radius 1 is 1.35 bits per heavy atom. The maximum Gasteiger partial charge on any atom is 0.288 e. The number of rotatable bonds is 4. The van der Waals surface area contributed by atoms with E-state index >= 15 is 0 Å². The average molecular weight is 334 g/mol. The molecule has 0 saturated carbocycles. The molecule has 1 aromatic carbocycles. The van der Waals surface area contributed by atoms with Crippen molar-refractivity contribution in [2.75, 3.05) is 13.1 Å². The smallest absolute Gasteiger partial charge is 0.288 e. The van der Waals surface area contributed by atoms with Gasteiger partial charge in [-0.15, -0.1) is 0 Å². The molecule has 1 aliphatic rings. The normalized spacial score (nSPS) is 14.2. The van der Waals surface area contributed by atoms with Gasteiger partial charge in [0.15, 0.2) is 0 Å². The molecule has 0 N–H and O–H groups in total. The third-order valence-corrected chi connectivity index (χ3v) is 3.77. The number of pyridine rings is 1. The lowest BCUT2D eigenvalue weighted by atomic mass is 10.1. The highest BCUT2D eigenvalue weighted by atomic mass is 35.5. The van der Waals surface area contributed by atoms with Crippen molar-refractivity contribution in [2.24, 2.45) is 0 Å². The zero-order chi connectivity index (χ0) is 16.4. The second kappa shape index (κ2) is 6.21. The molecular weight excluding hydrogens is 322 g/mol. The van der Waals surface area contributed by atoms with Crippen LogP contribution in [-0.2, 0) is 0 Å². The Morgan fingerprint density at radius 2 is 2.13 bits per heavy atom. The SMILES string of the molecule is O=C(c1ccc(Cl)c([N+](=O)[O-])c1)N1CC(Oc2ccccn2)C1. The van der Waals surface area contributed by atoms with Gasteiger partial charge >= 0.3 is 0 Å². The van der Waals surface area contributed by atoms with E-state index in [9.17, 15) is 14.9 Å². The summed E-state index contributed by atoms with van der Waals surface area (Å²) in [5.41, 5.74) is -0.0447. The van der Waals surface area contributed by atoms with Crippen LogP contribution in [0.4, 0.5) is 5.69 Å². The highest BCUT2D eigenvalue weighted by molar-refractivity contribution is 6.32. The van der Waals surface area contributed by atoms with Crippen LogP contribution in [0.15, 0.2) is 42.6 Å². The number of ether oxygens (including phenoxy) is 1. The van der Waals surface area contributed by atoms with Crippen molar-refractivity contribution in [3.8, 4) is 5.88 Å². The predicted molar refractivity (Wildman–Crippen MR) is 82.7 cm³/mol. The average Bonchev–Trinajstić information content (AvgIpc) is 2.51. The van der Waals surface area contributed by atoms with Gasteiger partial charge in [-0.3, -0.25) is 14.9 Å². The summed E-state index contributed by atoms with van der Waals surface area (Å²) in [6, 6.07) is 9.37. The molecule has 0 aliphatic carbocycles. The van der Waals surface area contributed by atoms with Gasteiger partial charge < -0.3 is 9.64 Å². The number of carbonyl (C=O) groups excluding carboxylic acids is 1. The molecule has 0 atom stereocenters. The van der Waals surface area contributed by atoms with E-state index in [-0.39, 0.29) is 28.3 Å². The highest BCUT2D eigenvalue weighted by Crippen LogP contribution is 2.26. The van der Waals surface area contributed by atoms with Crippen molar-refractivity contribution < 1.29 is 14.5 Å². The van der Waals surface area contributed by atoms with Crippen LogP contribution in [0.3, 0.4) is 0 Å². The fourth-order valence-corrected chi connectivity index (χ4v) is 2.42. The van der Waals surface area contributed by atoms with E-state index in [0.717, 1.165) is 0 Å². The number of nitrogens with zero attached hydrogens (tertiary/aromatic N) is 3. The summed E-state index contributed by atoms with van der Waals surface area (Å²) < 4.78 is 5.61. The molecule has 118 valence electrons. The van der Waals surface area contributed by atoms with Crippen LogP contribution in [0.2, 0.25) is 5.02 Å². The van der Waals surface area contributed by atoms with E-state index < -0.39 is 4.92 Å². The molecule has 1 amide bonds. The topological polar surface area (TPSA) is 85.6 Å². The third kappa shape index (κ3) is 3.24. The zero-order valence-corrected chi connectivity index (χ0v) is 12.6. The first-order chi connectivity index (χ1) is 11.0. The number of carbonyl (C=O) groups is 1. The van der Waals surface area contributed by atoms with Gasteiger partial charge in [0, 0.05) is 23.9 Å². The third-order valence-electron chi connectivity index (χ3n) is 3.45. The van der Waals surface area contributed by atoms with E-state index in [0.29, 0.717) is 19.0 Å². The summed E-state index contributed by atoms with van der Waals surface area (Å²) in [5, 5.41) is 10.9. The first kappa shape index (κ1) is 15.2. The summed E-state index contributed by atoms with van der Waals surface area (Å²) in [6.45, 7) is 0.817. The maximum absolute atomic E-state index is 12.3. The summed E-state index contributed by atoms with van der Waals surface area (Å²) in [5.74, 6) is 0.220. The number of likely N-dealkylation sites (tertiary alicyclic amines) is 1. The molecule has 7 nitrogen and oxygen atoms in total. The molecule has 1 aromatic heterocycles. The Hall–Kier alpha value is -2.67. The number of aromatic nitrogens is 1. The van der Waals surface area contributed by atoms with Gasteiger partial charge in [0.05, 0.1) is 18.0 Å². The molecule has 0 spiro atoms. The number of benzene rings is 1. The van der Waals surface area contributed by atoms with Crippen LogP contribution >= 0.6 is 11.6 Å². The van der Waals surface area contributed by atoms with Crippen LogP contribution < -0.4 is 4.74 Å². The van der Waals surface area contributed by atoms with Gasteiger partial charge in [-0.1, -0.05) is 17.7 Å². The van der Waals surface area contributed by atoms with Crippen molar-refractivity contribution in [2.45, 2.75) is 6.10 Å². The number of amides is 1. The molecule has 2 aromatic rings. The van der Waals surface area contributed by atoms with Crippen molar-refractivity contribution in [3.05, 3.63) is 63.3 Å². The van der Waals surface area contributed by atoms with Crippen LogP contribution in [0, 0.1) is 10.1 Å². The number of nitro groups is 1. The summed E-state index contributed by atoms with van der Waals surface area (Å²) >= 11 is 5.74. The minimum Gasteiger partial charge on any atom is -0.471 e. The molecule has 1 saturated heterocycles. The van der Waals surface area contributed by atoms with E-state index in [1.165, 1.54) is 18.2 Å². The van der Waals surface area contributed by atoms with Gasteiger partial charge in [0.2, 0.25) is 5.88 Å². The minimum atomic E-state index is -0.609. The minimum absolute atomic E-state index is 0.00604. The zero-order valence-electron chi connectivity index (χ0n) is 11.9. The molecular formula is C15H12ClN3O4. The van der Waals surface area contributed by atoms with E-state index in [1.807, 2.05) is 6.07 Å². The second-order valence-corrected chi connectivity index (χ2v) is 5.45. The molecule has 0 bridgehead atoms. The van der Waals surface area contributed by atoms with Crippen molar-refractivity contribution in [1.82, 2.24) is 9.88 Å². The van der Waals surface area contributed by atoms with Crippen LogP contribution in [0.5, 0.6) is 5.88 Å². The number of hydrogen-bond donors (Lipinski definition) is 0. The largest absolute Gasteiger partial charge is 0.471 e. The first-order valence-electron chi connectivity index (χ1n) is 6.85. The standard InChI is InChI=1S/C15H12ClN3O4/c16-12-5-4-10(7-13(12)19(21)22)15(20)18-8-11(9-18)23-14-3-1-2-6-17-14/h1-7,11H,8-9H2. The predicted octanol–water partition coefficient (Wildman–Crippen LogP) is 2.55.